The summed E-state index contributed by atoms with van der Waals surface area (Å²) >= 11 is 0. The number of carbonyl (C=O) groups excluding carboxylic acids is 1. The third kappa shape index (κ3) is 3.11. The van der Waals surface area contributed by atoms with E-state index < -0.39 is 11.7 Å². The zero-order chi connectivity index (χ0) is 16.4. The second kappa shape index (κ2) is 6.24. The molecule has 0 bridgehead atoms. The van der Waals surface area contributed by atoms with Crippen LogP contribution in [0.1, 0.15) is 28.4 Å². The van der Waals surface area contributed by atoms with Crippen LogP contribution < -0.4 is 14.8 Å². The maximum atomic E-state index is 13.6. The number of halogens is 1. The molecule has 6 heteroatoms. The Morgan fingerprint density at radius 2 is 2.35 bits per heavy atom. The van der Waals surface area contributed by atoms with Crippen LogP contribution in [0.25, 0.3) is 0 Å². The first-order valence-corrected chi connectivity index (χ1v) is 7.32. The van der Waals surface area contributed by atoms with Crippen molar-refractivity contribution in [1.82, 2.24) is 10.3 Å². The zero-order valence-corrected chi connectivity index (χ0v) is 12.9. The number of nitrogens with one attached hydrogen (secondary N) is 1. The lowest BCUT2D eigenvalue weighted by Gasteiger charge is -2.12. The Morgan fingerprint density at radius 1 is 1.52 bits per heavy atom. The summed E-state index contributed by atoms with van der Waals surface area (Å²) in [7, 11) is 1.58. The van der Waals surface area contributed by atoms with Crippen molar-refractivity contribution in [3.05, 3.63) is 53.1 Å². The minimum Gasteiger partial charge on any atom is -0.496 e. The van der Waals surface area contributed by atoms with Gasteiger partial charge in [0.2, 0.25) is 0 Å². The predicted octanol–water partition coefficient (Wildman–Crippen LogP) is 2.48. The van der Waals surface area contributed by atoms with E-state index in [2.05, 4.69) is 10.3 Å². The molecule has 120 valence electrons. The molecule has 0 spiro atoms. The van der Waals surface area contributed by atoms with Crippen LogP contribution in [0.15, 0.2) is 30.6 Å². The van der Waals surface area contributed by atoms with Crippen LogP contribution in [0, 0.1) is 5.82 Å². The lowest BCUT2D eigenvalue weighted by molar-refractivity contribution is 0.0946. The first-order chi connectivity index (χ1) is 11.1. The van der Waals surface area contributed by atoms with E-state index in [0.29, 0.717) is 5.75 Å². The van der Waals surface area contributed by atoms with E-state index in [1.807, 2.05) is 19.1 Å². The molecular weight excluding hydrogens is 299 g/mol. The van der Waals surface area contributed by atoms with Gasteiger partial charge in [-0.15, -0.1) is 0 Å². The van der Waals surface area contributed by atoms with Crippen LogP contribution >= 0.6 is 0 Å². The molecule has 1 atom stereocenters. The van der Waals surface area contributed by atoms with E-state index in [4.69, 9.17) is 9.47 Å². The van der Waals surface area contributed by atoms with Gasteiger partial charge in [-0.25, -0.2) is 4.39 Å². The molecule has 1 amide bonds. The molecule has 1 N–H and O–H groups in total. The SMILES string of the molecule is COc1cc2c(cc1CNC(=O)c1ccncc1F)O[C@H](C)C2. The molecule has 0 fully saturated rings. The maximum Gasteiger partial charge on any atom is 0.254 e. The van der Waals surface area contributed by atoms with Crippen molar-refractivity contribution >= 4 is 5.91 Å². The van der Waals surface area contributed by atoms with Crippen molar-refractivity contribution in [3.8, 4) is 11.5 Å². The third-order valence-electron chi connectivity index (χ3n) is 3.76. The molecule has 1 aliphatic heterocycles. The lowest BCUT2D eigenvalue weighted by atomic mass is 10.1. The van der Waals surface area contributed by atoms with Gasteiger partial charge in [-0.1, -0.05) is 0 Å². The van der Waals surface area contributed by atoms with Gasteiger partial charge in [-0.2, -0.15) is 0 Å². The van der Waals surface area contributed by atoms with E-state index in [0.717, 1.165) is 29.5 Å². The summed E-state index contributed by atoms with van der Waals surface area (Å²) in [4.78, 5) is 15.7. The molecule has 2 aromatic rings. The quantitative estimate of drug-likeness (QED) is 0.941. The first kappa shape index (κ1) is 15.3. The highest BCUT2D eigenvalue weighted by Crippen LogP contribution is 2.34. The second-order valence-corrected chi connectivity index (χ2v) is 5.44. The number of methoxy groups -OCH3 is 1. The monoisotopic (exact) mass is 316 g/mol. The van der Waals surface area contributed by atoms with Crippen LogP contribution in [0.3, 0.4) is 0 Å². The highest BCUT2D eigenvalue weighted by atomic mass is 19.1. The van der Waals surface area contributed by atoms with Crippen molar-refractivity contribution in [2.75, 3.05) is 7.11 Å². The van der Waals surface area contributed by atoms with Crippen molar-refractivity contribution in [3.63, 3.8) is 0 Å². The largest absolute Gasteiger partial charge is 0.496 e. The molecule has 23 heavy (non-hydrogen) atoms. The number of hydrogen-bond acceptors (Lipinski definition) is 4. The van der Waals surface area contributed by atoms with E-state index in [-0.39, 0.29) is 18.2 Å². The second-order valence-electron chi connectivity index (χ2n) is 5.44. The third-order valence-corrected chi connectivity index (χ3v) is 3.76. The van der Waals surface area contributed by atoms with Crippen molar-refractivity contribution < 1.29 is 18.7 Å². The molecule has 1 aromatic heterocycles. The van der Waals surface area contributed by atoms with Gasteiger partial charge < -0.3 is 14.8 Å². The summed E-state index contributed by atoms with van der Waals surface area (Å²) in [6.45, 7) is 2.22. The molecule has 3 rings (SSSR count). The smallest absolute Gasteiger partial charge is 0.254 e. The number of hydrogen-bond donors (Lipinski definition) is 1. The Labute approximate surface area is 133 Å². The number of aromatic nitrogens is 1. The average molecular weight is 316 g/mol. The Morgan fingerprint density at radius 3 is 3.09 bits per heavy atom. The van der Waals surface area contributed by atoms with Crippen molar-refractivity contribution in [2.24, 2.45) is 0 Å². The molecule has 0 saturated carbocycles. The van der Waals surface area contributed by atoms with Gasteiger partial charge in [0.25, 0.3) is 5.91 Å². The summed E-state index contributed by atoms with van der Waals surface area (Å²) in [6.07, 6.45) is 3.36. The number of carbonyl (C=O) groups is 1. The summed E-state index contributed by atoms with van der Waals surface area (Å²) < 4.78 is 24.7. The highest BCUT2D eigenvalue weighted by molar-refractivity contribution is 5.94. The van der Waals surface area contributed by atoms with Gasteiger partial charge in [0, 0.05) is 30.3 Å². The van der Waals surface area contributed by atoms with E-state index in [1.54, 1.807) is 7.11 Å². The number of amides is 1. The van der Waals surface area contributed by atoms with Gasteiger partial charge in [-0.05, 0) is 25.1 Å². The number of ether oxygens (including phenoxy) is 2. The van der Waals surface area contributed by atoms with Gasteiger partial charge in [0.15, 0.2) is 5.82 Å². The summed E-state index contributed by atoms with van der Waals surface area (Å²) in [6, 6.07) is 5.13. The fourth-order valence-corrected chi connectivity index (χ4v) is 2.64. The number of nitrogens with zero attached hydrogens (tertiary/aromatic N) is 1. The van der Waals surface area contributed by atoms with Gasteiger partial charge >= 0.3 is 0 Å². The predicted molar refractivity (Wildman–Crippen MR) is 82.2 cm³/mol. The summed E-state index contributed by atoms with van der Waals surface area (Å²) in [5.41, 5.74) is 1.83. The van der Waals surface area contributed by atoms with Crippen molar-refractivity contribution in [1.29, 1.82) is 0 Å². The van der Waals surface area contributed by atoms with Crippen LogP contribution in [0.4, 0.5) is 4.39 Å². The Bertz CT molecular complexity index is 749. The minimum atomic E-state index is -0.650. The molecular formula is C17H17FN2O3. The van der Waals surface area contributed by atoms with Crippen LogP contribution in [0.2, 0.25) is 0 Å². The molecule has 2 heterocycles. The van der Waals surface area contributed by atoms with E-state index in [9.17, 15) is 9.18 Å². The Kier molecular flexibility index (Phi) is 4.14. The molecule has 0 radical (unpaired) electrons. The molecule has 0 saturated heterocycles. The minimum absolute atomic E-state index is 0.0370. The lowest BCUT2D eigenvalue weighted by Crippen LogP contribution is -2.24. The Balaban J connectivity index is 1.77. The zero-order valence-electron chi connectivity index (χ0n) is 12.9. The summed E-state index contributed by atoms with van der Waals surface area (Å²) in [5.74, 6) is 0.333. The first-order valence-electron chi connectivity index (χ1n) is 7.32. The highest BCUT2D eigenvalue weighted by Gasteiger charge is 2.22. The van der Waals surface area contributed by atoms with Crippen LogP contribution in [0.5, 0.6) is 11.5 Å². The standard InChI is InChI=1S/C17H17FN2O3/c1-10-5-11-6-15(22-2)12(7-16(11)23-10)8-20-17(21)13-3-4-19-9-14(13)18/h3-4,6-7,9-10H,5,8H2,1-2H3,(H,20,21)/t10-/m1/s1. The van der Waals surface area contributed by atoms with Crippen LogP contribution in [-0.4, -0.2) is 24.1 Å². The molecule has 1 aliphatic rings. The molecule has 0 aliphatic carbocycles. The topological polar surface area (TPSA) is 60.5 Å². The fraction of sp³-hybridized carbons (Fsp3) is 0.294. The molecule has 1 aromatic carbocycles. The number of fused-ring (bicyclic) bond motifs is 1. The van der Waals surface area contributed by atoms with Crippen molar-refractivity contribution in [2.45, 2.75) is 26.0 Å². The number of rotatable bonds is 4. The number of benzene rings is 1. The van der Waals surface area contributed by atoms with E-state index in [1.165, 1.54) is 12.3 Å². The van der Waals surface area contributed by atoms with Gasteiger partial charge in [-0.3, -0.25) is 9.78 Å². The fourth-order valence-electron chi connectivity index (χ4n) is 2.64. The maximum absolute atomic E-state index is 13.6. The normalized spacial score (nSPS) is 15.7. The molecule has 0 unspecified atom stereocenters. The Hall–Kier alpha value is -2.63. The van der Waals surface area contributed by atoms with Gasteiger partial charge in [0.1, 0.15) is 17.6 Å². The van der Waals surface area contributed by atoms with E-state index >= 15 is 0 Å². The average Bonchev–Trinajstić information content (AvgIpc) is 2.90. The van der Waals surface area contributed by atoms with Gasteiger partial charge in [0.05, 0.1) is 18.9 Å². The van der Waals surface area contributed by atoms with Crippen LogP contribution in [-0.2, 0) is 13.0 Å². The number of pyridine rings is 1. The molecule has 5 nitrogen and oxygen atoms in total. The summed E-state index contributed by atoms with van der Waals surface area (Å²) in [5, 5.41) is 2.69.